The van der Waals surface area contributed by atoms with Crippen molar-refractivity contribution in [1.82, 2.24) is 5.32 Å². The molecule has 2 rings (SSSR count). The van der Waals surface area contributed by atoms with Crippen LogP contribution in [0.25, 0.3) is 0 Å². The van der Waals surface area contributed by atoms with Gasteiger partial charge in [-0.3, -0.25) is 4.79 Å². The predicted octanol–water partition coefficient (Wildman–Crippen LogP) is 0.521. The smallest absolute Gasteiger partial charge is 0.257 e. The van der Waals surface area contributed by atoms with Crippen molar-refractivity contribution >= 4 is 15.9 Å². The summed E-state index contributed by atoms with van der Waals surface area (Å²) in [5, 5.41) is 7.13. The van der Waals surface area contributed by atoms with E-state index in [9.17, 15) is 22.0 Å². The van der Waals surface area contributed by atoms with Crippen molar-refractivity contribution in [1.29, 1.82) is 0 Å². The first-order valence-corrected chi connectivity index (χ1v) is 7.76. The van der Waals surface area contributed by atoms with E-state index in [1.54, 1.807) is 0 Å². The van der Waals surface area contributed by atoms with Crippen LogP contribution in [-0.2, 0) is 14.8 Å². The third kappa shape index (κ3) is 3.55. The molecule has 1 heterocycles. The summed E-state index contributed by atoms with van der Waals surface area (Å²) in [4.78, 5) is 10.9. The van der Waals surface area contributed by atoms with Crippen molar-refractivity contribution in [2.45, 2.75) is 23.8 Å². The second kappa shape index (κ2) is 6.04. The first-order chi connectivity index (χ1) is 9.80. The number of primary sulfonamides is 1. The molecule has 1 aromatic carbocycles. The normalized spacial score (nSPS) is 18.7. The van der Waals surface area contributed by atoms with Gasteiger partial charge in [0.05, 0.1) is 6.10 Å². The molecule has 1 unspecified atom stereocenters. The maximum Gasteiger partial charge on any atom is 0.257 e. The highest BCUT2D eigenvalue weighted by atomic mass is 32.2. The molecule has 6 nitrogen and oxygen atoms in total. The highest BCUT2D eigenvalue weighted by Crippen LogP contribution is 2.20. The van der Waals surface area contributed by atoms with Crippen molar-refractivity contribution in [3.05, 3.63) is 29.3 Å². The molecule has 1 amide bonds. The number of rotatable bonds is 4. The molecule has 1 fully saturated rings. The zero-order valence-electron chi connectivity index (χ0n) is 10.9. The lowest BCUT2D eigenvalue weighted by molar-refractivity contribution is 0.0850. The molecule has 0 bridgehead atoms. The Morgan fingerprint density at radius 2 is 2.14 bits per heavy atom. The number of hydrogen-bond acceptors (Lipinski definition) is 4. The molecule has 0 aromatic heterocycles. The average molecular weight is 320 g/mol. The van der Waals surface area contributed by atoms with Gasteiger partial charge < -0.3 is 10.1 Å². The molecule has 0 spiro atoms. The lowest BCUT2D eigenvalue weighted by Crippen LogP contribution is -2.33. The van der Waals surface area contributed by atoms with E-state index in [0.29, 0.717) is 18.7 Å². The van der Waals surface area contributed by atoms with Gasteiger partial charge in [0.15, 0.2) is 5.82 Å². The van der Waals surface area contributed by atoms with Gasteiger partial charge in [-0.25, -0.2) is 22.3 Å². The SMILES string of the molecule is NS(=O)(=O)c1ccc(F)c(C(=O)NCC2CCCO2)c1F. The van der Waals surface area contributed by atoms with Crippen molar-refractivity contribution in [3.8, 4) is 0 Å². The fourth-order valence-electron chi connectivity index (χ4n) is 2.06. The average Bonchev–Trinajstić information content (AvgIpc) is 2.87. The summed E-state index contributed by atoms with van der Waals surface area (Å²) < 4.78 is 55.2. The standard InChI is InChI=1S/C12H14F2N2O4S/c13-8-3-4-9(21(15,18)19)11(14)10(8)12(17)16-6-7-2-1-5-20-7/h3-4,7H,1-2,5-6H2,(H,16,17)(H2,15,18,19). The summed E-state index contributed by atoms with van der Waals surface area (Å²) >= 11 is 0. The van der Waals surface area contributed by atoms with Gasteiger partial charge in [0, 0.05) is 13.2 Å². The number of amides is 1. The zero-order chi connectivity index (χ0) is 15.6. The van der Waals surface area contributed by atoms with Gasteiger partial charge in [-0.15, -0.1) is 0 Å². The van der Waals surface area contributed by atoms with E-state index in [-0.39, 0.29) is 12.6 Å². The molecule has 0 saturated carbocycles. The molecule has 1 saturated heterocycles. The first-order valence-electron chi connectivity index (χ1n) is 6.21. The molecule has 1 aromatic rings. The van der Waals surface area contributed by atoms with Crippen LogP contribution in [-0.4, -0.2) is 33.6 Å². The summed E-state index contributed by atoms with van der Waals surface area (Å²) in [7, 11) is -4.38. The number of halogens is 2. The van der Waals surface area contributed by atoms with Gasteiger partial charge in [-0.05, 0) is 25.0 Å². The number of nitrogens with one attached hydrogen (secondary N) is 1. The van der Waals surface area contributed by atoms with Crippen LogP contribution >= 0.6 is 0 Å². The molecule has 1 aliphatic heterocycles. The summed E-state index contributed by atoms with van der Waals surface area (Å²) in [6, 6.07) is 1.36. The first kappa shape index (κ1) is 15.8. The number of nitrogens with two attached hydrogens (primary N) is 1. The number of benzene rings is 1. The second-order valence-corrected chi connectivity index (χ2v) is 6.15. The van der Waals surface area contributed by atoms with E-state index in [2.05, 4.69) is 5.32 Å². The lowest BCUT2D eigenvalue weighted by Gasteiger charge is -2.12. The monoisotopic (exact) mass is 320 g/mol. The summed E-state index contributed by atoms with van der Waals surface area (Å²) in [6.45, 7) is 0.668. The van der Waals surface area contributed by atoms with E-state index < -0.39 is 38.0 Å². The Bertz CT molecular complexity index is 657. The molecule has 1 atom stereocenters. The molecule has 0 aliphatic carbocycles. The minimum atomic E-state index is -4.38. The fraction of sp³-hybridized carbons (Fsp3) is 0.417. The molecule has 3 N–H and O–H groups in total. The predicted molar refractivity (Wildman–Crippen MR) is 69.0 cm³/mol. The number of carbonyl (C=O) groups excluding carboxylic acids is 1. The van der Waals surface area contributed by atoms with Crippen LogP contribution < -0.4 is 10.5 Å². The van der Waals surface area contributed by atoms with Gasteiger partial charge >= 0.3 is 0 Å². The Morgan fingerprint density at radius 3 is 2.71 bits per heavy atom. The largest absolute Gasteiger partial charge is 0.376 e. The number of hydrogen-bond donors (Lipinski definition) is 2. The Labute approximate surface area is 120 Å². The van der Waals surface area contributed by atoms with Gasteiger partial charge in [0.25, 0.3) is 5.91 Å². The van der Waals surface area contributed by atoms with Gasteiger partial charge in [0.1, 0.15) is 16.3 Å². The molecular weight excluding hydrogens is 306 g/mol. The highest BCUT2D eigenvalue weighted by Gasteiger charge is 2.26. The van der Waals surface area contributed by atoms with Crippen molar-refractivity contribution < 1.29 is 26.7 Å². The topological polar surface area (TPSA) is 98.5 Å². The Kier molecular flexibility index (Phi) is 4.55. The van der Waals surface area contributed by atoms with E-state index >= 15 is 0 Å². The third-order valence-corrected chi connectivity index (χ3v) is 4.03. The van der Waals surface area contributed by atoms with Crippen LogP contribution in [0.15, 0.2) is 17.0 Å². The van der Waals surface area contributed by atoms with Crippen molar-refractivity contribution in [3.63, 3.8) is 0 Å². The maximum atomic E-state index is 14.0. The van der Waals surface area contributed by atoms with Crippen LogP contribution in [0.1, 0.15) is 23.2 Å². The molecular formula is C12H14F2N2O4S. The summed E-state index contributed by atoms with van der Waals surface area (Å²) in [6.07, 6.45) is 1.38. The quantitative estimate of drug-likeness (QED) is 0.845. The molecule has 9 heteroatoms. The van der Waals surface area contributed by atoms with Crippen molar-refractivity contribution in [2.24, 2.45) is 5.14 Å². The highest BCUT2D eigenvalue weighted by molar-refractivity contribution is 7.89. The van der Waals surface area contributed by atoms with Crippen LogP contribution in [0.4, 0.5) is 8.78 Å². The minimum absolute atomic E-state index is 0.0946. The van der Waals surface area contributed by atoms with Crippen LogP contribution in [0, 0.1) is 11.6 Å². The number of ether oxygens (including phenoxy) is 1. The number of carbonyl (C=O) groups is 1. The van der Waals surface area contributed by atoms with E-state index in [4.69, 9.17) is 9.88 Å². The van der Waals surface area contributed by atoms with Gasteiger partial charge in [-0.1, -0.05) is 0 Å². The molecule has 1 aliphatic rings. The maximum absolute atomic E-state index is 14.0. The summed E-state index contributed by atoms with van der Waals surface area (Å²) in [5.74, 6) is -3.71. The zero-order valence-corrected chi connectivity index (χ0v) is 11.8. The van der Waals surface area contributed by atoms with Gasteiger partial charge in [-0.2, -0.15) is 0 Å². The third-order valence-electron chi connectivity index (χ3n) is 3.10. The van der Waals surface area contributed by atoms with Gasteiger partial charge in [0.2, 0.25) is 10.0 Å². The van der Waals surface area contributed by atoms with Crippen LogP contribution in [0.5, 0.6) is 0 Å². The van der Waals surface area contributed by atoms with Crippen LogP contribution in [0.3, 0.4) is 0 Å². The van der Waals surface area contributed by atoms with E-state index in [1.165, 1.54) is 0 Å². The Hall–Kier alpha value is -1.58. The molecule has 21 heavy (non-hydrogen) atoms. The second-order valence-electron chi connectivity index (χ2n) is 4.62. The summed E-state index contributed by atoms with van der Waals surface area (Å²) in [5.41, 5.74) is -0.973. The van der Waals surface area contributed by atoms with Crippen molar-refractivity contribution in [2.75, 3.05) is 13.2 Å². The molecule has 0 radical (unpaired) electrons. The lowest BCUT2D eigenvalue weighted by atomic mass is 10.1. The fourth-order valence-corrected chi connectivity index (χ4v) is 2.67. The Balaban J connectivity index is 2.23. The van der Waals surface area contributed by atoms with E-state index in [0.717, 1.165) is 12.8 Å². The minimum Gasteiger partial charge on any atom is -0.376 e. The molecule has 116 valence electrons. The van der Waals surface area contributed by atoms with Crippen LogP contribution in [0.2, 0.25) is 0 Å². The Morgan fingerprint density at radius 1 is 1.43 bits per heavy atom. The number of sulfonamides is 1. The van der Waals surface area contributed by atoms with E-state index in [1.807, 2.05) is 0 Å².